The SMILES string of the molecule is Cc1cc(C)n(-c2cc(Oc3ccc(NC(=O)CCCN4C(=O)c5ccccc5C4=O)cc3)ncn2)n1. The maximum absolute atomic E-state index is 12.4. The molecule has 0 aliphatic carbocycles. The molecule has 3 amide bonds. The molecule has 37 heavy (non-hydrogen) atoms. The Hall–Kier alpha value is -4.86. The first-order valence-corrected chi connectivity index (χ1v) is 11.8. The molecular formula is C27H24N6O4. The topological polar surface area (TPSA) is 119 Å². The summed E-state index contributed by atoms with van der Waals surface area (Å²) in [5, 5.41) is 7.24. The number of anilines is 1. The average molecular weight is 497 g/mol. The van der Waals surface area contributed by atoms with Crippen LogP contribution >= 0.6 is 0 Å². The molecule has 2 aromatic carbocycles. The fourth-order valence-corrected chi connectivity index (χ4v) is 4.15. The van der Waals surface area contributed by atoms with Crippen molar-refractivity contribution in [2.24, 2.45) is 0 Å². The third-order valence-electron chi connectivity index (χ3n) is 5.88. The molecular weight excluding hydrogens is 472 g/mol. The summed E-state index contributed by atoms with van der Waals surface area (Å²) >= 11 is 0. The third-order valence-corrected chi connectivity index (χ3v) is 5.88. The van der Waals surface area contributed by atoms with E-state index < -0.39 is 0 Å². The molecule has 1 aliphatic rings. The van der Waals surface area contributed by atoms with Gasteiger partial charge >= 0.3 is 0 Å². The molecule has 0 bridgehead atoms. The van der Waals surface area contributed by atoms with Crippen LogP contribution in [0.25, 0.3) is 5.82 Å². The summed E-state index contributed by atoms with van der Waals surface area (Å²) in [6.07, 6.45) is 1.95. The van der Waals surface area contributed by atoms with Crippen molar-refractivity contribution in [2.75, 3.05) is 11.9 Å². The molecule has 0 fully saturated rings. The minimum atomic E-state index is -0.317. The van der Waals surface area contributed by atoms with E-state index in [0.717, 1.165) is 11.4 Å². The number of hydrogen-bond acceptors (Lipinski definition) is 7. The summed E-state index contributed by atoms with van der Waals surface area (Å²) in [7, 11) is 0. The molecule has 3 heterocycles. The van der Waals surface area contributed by atoms with Gasteiger partial charge in [-0.25, -0.2) is 14.6 Å². The molecule has 1 N–H and O–H groups in total. The highest BCUT2D eigenvalue weighted by Gasteiger charge is 2.34. The summed E-state index contributed by atoms with van der Waals surface area (Å²) in [6, 6.07) is 17.3. The summed E-state index contributed by atoms with van der Waals surface area (Å²) in [5.41, 5.74) is 3.25. The minimum absolute atomic E-state index is 0.168. The first-order valence-electron chi connectivity index (χ1n) is 11.8. The number of benzene rings is 2. The summed E-state index contributed by atoms with van der Waals surface area (Å²) < 4.78 is 7.56. The maximum Gasteiger partial charge on any atom is 0.261 e. The number of amides is 3. The Balaban J connectivity index is 1.13. The molecule has 10 heteroatoms. The summed E-state index contributed by atoms with van der Waals surface area (Å²) in [5.74, 6) is 0.657. The quantitative estimate of drug-likeness (QED) is 0.365. The van der Waals surface area contributed by atoms with Crippen LogP contribution in [0.2, 0.25) is 0 Å². The molecule has 1 aliphatic heterocycles. The Bertz CT molecular complexity index is 1460. The molecule has 5 rings (SSSR count). The Kier molecular flexibility index (Phi) is 6.46. The first-order chi connectivity index (χ1) is 17.9. The van der Waals surface area contributed by atoms with Gasteiger partial charge in [-0.2, -0.15) is 5.10 Å². The van der Waals surface area contributed by atoms with E-state index in [1.54, 1.807) is 59.3 Å². The lowest BCUT2D eigenvalue weighted by atomic mass is 10.1. The van der Waals surface area contributed by atoms with E-state index in [4.69, 9.17) is 4.74 Å². The molecule has 0 atom stereocenters. The highest BCUT2D eigenvalue weighted by molar-refractivity contribution is 6.21. The molecule has 0 unspecified atom stereocenters. The van der Waals surface area contributed by atoms with Crippen LogP contribution < -0.4 is 10.1 Å². The highest BCUT2D eigenvalue weighted by Crippen LogP contribution is 2.24. The van der Waals surface area contributed by atoms with E-state index >= 15 is 0 Å². The van der Waals surface area contributed by atoms with Crippen molar-refractivity contribution >= 4 is 23.4 Å². The Labute approximate surface area is 212 Å². The Morgan fingerprint density at radius 2 is 1.65 bits per heavy atom. The predicted octanol–water partition coefficient (Wildman–Crippen LogP) is 4.09. The van der Waals surface area contributed by atoms with Crippen molar-refractivity contribution in [3.05, 3.63) is 89.5 Å². The van der Waals surface area contributed by atoms with Gasteiger partial charge in [-0.15, -0.1) is 0 Å². The lowest BCUT2D eigenvalue weighted by molar-refractivity contribution is -0.116. The number of aromatic nitrogens is 4. The number of imide groups is 1. The lowest BCUT2D eigenvalue weighted by Gasteiger charge is -2.13. The Morgan fingerprint density at radius 3 is 2.30 bits per heavy atom. The monoisotopic (exact) mass is 496 g/mol. The number of fused-ring (bicyclic) bond motifs is 1. The van der Waals surface area contributed by atoms with Crippen LogP contribution in [0.3, 0.4) is 0 Å². The van der Waals surface area contributed by atoms with Crippen LogP contribution in [0.4, 0.5) is 5.69 Å². The smallest absolute Gasteiger partial charge is 0.261 e. The normalized spacial score (nSPS) is 12.5. The van der Waals surface area contributed by atoms with Crippen molar-refractivity contribution in [3.8, 4) is 17.4 Å². The zero-order chi connectivity index (χ0) is 25.9. The van der Waals surface area contributed by atoms with Gasteiger partial charge in [0.25, 0.3) is 11.8 Å². The maximum atomic E-state index is 12.4. The van der Waals surface area contributed by atoms with Gasteiger partial charge < -0.3 is 10.1 Å². The standard InChI is InChI=1S/C27H24N6O4/c1-17-14-18(2)33(31-17)23-15-25(29-16-28-23)37-20-11-9-19(10-12-20)30-24(34)8-5-13-32-26(35)21-6-3-4-7-22(21)27(32)36/h3-4,6-7,9-12,14-16H,5,8,13H2,1-2H3,(H,30,34). The first kappa shape index (κ1) is 23.9. The number of carbonyl (C=O) groups is 3. The minimum Gasteiger partial charge on any atom is -0.439 e. The van der Waals surface area contributed by atoms with Gasteiger partial charge in [-0.1, -0.05) is 12.1 Å². The molecule has 10 nitrogen and oxygen atoms in total. The largest absolute Gasteiger partial charge is 0.439 e. The molecule has 0 saturated heterocycles. The number of hydrogen-bond donors (Lipinski definition) is 1. The predicted molar refractivity (Wildman–Crippen MR) is 135 cm³/mol. The summed E-state index contributed by atoms with van der Waals surface area (Å²) in [4.78, 5) is 46.9. The van der Waals surface area contributed by atoms with Crippen molar-refractivity contribution < 1.29 is 19.1 Å². The van der Waals surface area contributed by atoms with Crippen LogP contribution in [-0.2, 0) is 4.79 Å². The number of nitrogens with one attached hydrogen (secondary N) is 1. The number of rotatable bonds is 8. The molecule has 4 aromatic rings. The number of carbonyl (C=O) groups excluding carboxylic acids is 3. The second kappa shape index (κ2) is 10.0. The van der Waals surface area contributed by atoms with E-state index in [1.807, 2.05) is 19.9 Å². The third kappa shape index (κ3) is 5.08. The second-order valence-corrected chi connectivity index (χ2v) is 8.64. The number of ether oxygens (including phenoxy) is 1. The molecule has 0 saturated carbocycles. The van der Waals surface area contributed by atoms with Crippen LogP contribution in [0, 0.1) is 13.8 Å². The van der Waals surface area contributed by atoms with E-state index in [0.29, 0.717) is 40.7 Å². The zero-order valence-electron chi connectivity index (χ0n) is 20.3. The summed E-state index contributed by atoms with van der Waals surface area (Å²) in [6.45, 7) is 4.04. The van der Waals surface area contributed by atoms with Crippen molar-refractivity contribution in [1.82, 2.24) is 24.6 Å². The zero-order valence-corrected chi connectivity index (χ0v) is 20.3. The van der Waals surface area contributed by atoms with E-state index in [1.165, 1.54) is 11.2 Å². The number of nitrogens with zero attached hydrogens (tertiary/aromatic N) is 5. The lowest BCUT2D eigenvalue weighted by Crippen LogP contribution is -2.31. The molecule has 0 spiro atoms. The van der Waals surface area contributed by atoms with E-state index in [9.17, 15) is 14.4 Å². The molecule has 2 aromatic heterocycles. The average Bonchev–Trinajstić information content (AvgIpc) is 3.36. The van der Waals surface area contributed by atoms with Crippen LogP contribution in [0.5, 0.6) is 11.6 Å². The van der Waals surface area contributed by atoms with Gasteiger partial charge in [0.2, 0.25) is 11.8 Å². The van der Waals surface area contributed by atoms with Crippen molar-refractivity contribution in [2.45, 2.75) is 26.7 Å². The van der Waals surface area contributed by atoms with Gasteiger partial charge in [0.15, 0.2) is 5.82 Å². The van der Waals surface area contributed by atoms with Crippen LogP contribution in [0.1, 0.15) is 44.9 Å². The van der Waals surface area contributed by atoms with Gasteiger partial charge in [0, 0.05) is 30.4 Å². The van der Waals surface area contributed by atoms with E-state index in [-0.39, 0.29) is 30.7 Å². The fraction of sp³-hybridized carbons (Fsp3) is 0.185. The van der Waals surface area contributed by atoms with Crippen LogP contribution in [0.15, 0.2) is 67.0 Å². The van der Waals surface area contributed by atoms with Gasteiger partial charge in [0.1, 0.15) is 12.1 Å². The second-order valence-electron chi connectivity index (χ2n) is 8.64. The molecule has 186 valence electrons. The van der Waals surface area contributed by atoms with E-state index in [2.05, 4.69) is 20.4 Å². The fourth-order valence-electron chi connectivity index (χ4n) is 4.15. The molecule has 0 radical (unpaired) electrons. The van der Waals surface area contributed by atoms with Gasteiger partial charge in [-0.3, -0.25) is 19.3 Å². The Morgan fingerprint density at radius 1 is 0.946 bits per heavy atom. The van der Waals surface area contributed by atoms with Crippen molar-refractivity contribution in [1.29, 1.82) is 0 Å². The van der Waals surface area contributed by atoms with Gasteiger partial charge in [0.05, 0.1) is 16.8 Å². The van der Waals surface area contributed by atoms with Crippen molar-refractivity contribution in [3.63, 3.8) is 0 Å². The number of aryl methyl sites for hydroxylation is 2. The van der Waals surface area contributed by atoms with Crippen LogP contribution in [-0.4, -0.2) is 48.9 Å². The van der Waals surface area contributed by atoms with Gasteiger partial charge in [-0.05, 0) is 62.7 Å². The highest BCUT2D eigenvalue weighted by atomic mass is 16.5.